The first-order valence-corrected chi connectivity index (χ1v) is 28.0. The summed E-state index contributed by atoms with van der Waals surface area (Å²) in [4.78, 5) is 92.4. The van der Waals surface area contributed by atoms with Crippen molar-refractivity contribution in [2.24, 2.45) is 17.2 Å². The minimum Gasteiger partial charge on any atom is -0.361 e. The van der Waals surface area contributed by atoms with Crippen LogP contribution in [-0.2, 0) is 14.4 Å². The fraction of sp³-hybridized carbons (Fsp3) is 0.250. The highest BCUT2D eigenvalue weighted by Gasteiger charge is 2.27. The molecule has 3 heterocycles. The summed E-state index contributed by atoms with van der Waals surface area (Å²) in [5.74, 6) is -2.59. The van der Waals surface area contributed by atoms with Gasteiger partial charge in [0.25, 0.3) is 17.7 Å². The second kappa shape index (κ2) is 27.7. The number of H-pyrrole nitrogens is 3. The summed E-state index contributed by atoms with van der Waals surface area (Å²) in [5.41, 5.74) is 25.4. The summed E-state index contributed by atoms with van der Waals surface area (Å²) < 4.78 is 0. The zero-order chi connectivity index (χ0) is 57.4. The van der Waals surface area contributed by atoms with Crippen LogP contribution in [0.4, 0.5) is 17.1 Å². The number of unbranched alkanes of at least 4 members (excludes halogenated alkanes) is 3. The average Bonchev–Trinajstić information content (AvgIpc) is 4.42. The second-order valence-electron chi connectivity index (χ2n) is 20.4. The van der Waals surface area contributed by atoms with E-state index in [1.54, 1.807) is 55.0 Å². The van der Waals surface area contributed by atoms with E-state index >= 15 is 0 Å². The molecule has 422 valence electrons. The van der Waals surface area contributed by atoms with Gasteiger partial charge in [0, 0.05) is 91.0 Å². The molecule has 3 aromatic heterocycles. The third kappa shape index (κ3) is 14.1. The van der Waals surface area contributed by atoms with Gasteiger partial charge in [-0.15, -0.1) is 0 Å². The summed E-state index contributed by atoms with van der Waals surface area (Å²) in [5, 5.41) is 20.2. The van der Waals surface area contributed by atoms with Crippen molar-refractivity contribution in [2.75, 3.05) is 35.6 Å². The van der Waals surface area contributed by atoms with Gasteiger partial charge in [-0.05, 0) is 185 Å². The van der Waals surface area contributed by atoms with E-state index in [0.29, 0.717) is 111 Å². The fourth-order valence-corrected chi connectivity index (χ4v) is 10.4. The van der Waals surface area contributed by atoms with Crippen LogP contribution in [0.25, 0.3) is 32.7 Å². The van der Waals surface area contributed by atoms with Crippen LogP contribution in [0.5, 0.6) is 0 Å². The Bertz CT molecular complexity index is 3260. The molecule has 9 aromatic rings. The summed E-state index contributed by atoms with van der Waals surface area (Å²) >= 11 is 0. The standard InChI is InChI=1S/C64H70N12O6/c65-34-4-1-13-55(74-59(77)49-10-7-16-52-46(49)31-37-68-52)62(80)71-43-25-19-40(20-26-43)58(41-21-27-44(28-22-41)72-63(81)56(14-2-5-35-66)75-60(78)50-11-8-17-53-47(50)32-38-69-53)42-23-29-45(30-24-42)73-64(82)57(15-3-6-36-67)76-61(79)51-12-9-18-54-48(51)33-39-70-54/h7-12,16-33,37-39,55-58,68-70H,1-6,13-15,34-36,65-67H2,(H,71,80)(H,72,81)(H,73,82)(H,74,77)(H,75,78)(H,76,79)/t55-,56-,57-/m1/s1. The fourth-order valence-electron chi connectivity index (χ4n) is 10.4. The molecule has 0 fully saturated rings. The Labute approximate surface area is 475 Å². The van der Waals surface area contributed by atoms with Crippen molar-refractivity contribution in [1.82, 2.24) is 30.9 Å². The van der Waals surface area contributed by atoms with E-state index in [9.17, 15) is 28.8 Å². The first-order valence-electron chi connectivity index (χ1n) is 28.0. The molecular formula is C64H70N12O6. The Balaban J connectivity index is 0.952. The van der Waals surface area contributed by atoms with Crippen LogP contribution in [0, 0.1) is 0 Å². The maximum absolute atomic E-state index is 14.0. The van der Waals surface area contributed by atoms with Crippen LogP contribution in [0.15, 0.2) is 164 Å². The number of rotatable bonds is 27. The van der Waals surface area contributed by atoms with Crippen LogP contribution in [-0.4, -0.2) is 88.2 Å². The lowest BCUT2D eigenvalue weighted by atomic mass is 9.85. The van der Waals surface area contributed by atoms with Gasteiger partial charge in [0.15, 0.2) is 0 Å². The number of anilines is 3. The SMILES string of the molecule is NCCCC[C@@H](NC(=O)c1cccc2[nH]ccc12)C(=O)Nc1ccc(C(c2ccc(NC(=O)[C@@H](CCCCN)NC(=O)c3cccc4[nH]ccc34)cc2)c2ccc(NC(=O)[C@@H](CCCCN)NC(=O)c3cccc4[nH]ccc34)cc2)cc1. The Kier molecular flexibility index (Phi) is 19.4. The third-order valence-corrected chi connectivity index (χ3v) is 14.8. The first kappa shape index (κ1) is 57.3. The van der Waals surface area contributed by atoms with Gasteiger partial charge in [-0.2, -0.15) is 0 Å². The number of amides is 6. The van der Waals surface area contributed by atoms with Gasteiger partial charge in [-0.3, -0.25) is 28.8 Å². The van der Waals surface area contributed by atoms with Crippen LogP contribution in [0.2, 0.25) is 0 Å². The molecule has 0 aliphatic carbocycles. The molecule has 0 aliphatic rings. The van der Waals surface area contributed by atoms with E-state index in [2.05, 4.69) is 46.9 Å². The van der Waals surface area contributed by atoms with Crippen LogP contribution >= 0.6 is 0 Å². The highest BCUT2D eigenvalue weighted by molar-refractivity contribution is 6.10. The molecule has 18 nitrogen and oxygen atoms in total. The maximum Gasteiger partial charge on any atom is 0.252 e. The molecule has 6 amide bonds. The monoisotopic (exact) mass is 1100 g/mol. The molecule has 0 saturated carbocycles. The minimum atomic E-state index is -0.840. The number of carbonyl (C=O) groups excluding carboxylic acids is 6. The summed E-state index contributed by atoms with van der Waals surface area (Å²) in [6.07, 6.45) is 10.4. The number of carbonyl (C=O) groups is 6. The van der Waals surface area contributed by atoms with Crippen molar-refractivity contribution in [3.63, 3.8) is 0 Å². The Morgan fingerprint density at radius 2 is 0.634 bits per heavy atom. The van der Waals surface area contributed by atoms with E-state index in [-0.39, 0.29) is 35.4 Å². The smallest absolute Gasteiger partial charge is 0.252 e. The van der Waals surface area contributed by atoms with Crippen molar-refractivity contribution in [3.05, 3.63) is 198 Å². The van der Waals surface area contributed by atoms with E-state index < -0.39 is 24.0 Å². The molecule has 3 atom stereocenters. The molecular weight excluding hydrogens is 1030 g/mol. The lowest BCUT2D eigenvalue weighted by Crippen LogP contribution is -2.44. The molecule has 0 saturated heterocycles. The van der Waals surface area contributed by atoms with Crippen molar-refractivity contribution in [3.8, 4) is 0 Å². The molecule has 9 rings (SSSR count). The molecule has 0 bridgehead atoms. The molecule has 6 aromatic carbocycles. The van der Waals surface area contributed by atoms with Crippen molar-refractivity contribution in [2.45, 2.75) is 81.8 Å². The number of hydrogen-bond donors (Lipinski definition) is 12. The van der Waals surface area contributed by atoms with E-state index in [1.165, 1.54) is 0 Å². The molecule has 0 spiro atoms. The molecule has 82 heavy (non-hydrogen) atoms. The Hall–Kier alpha value is -9.36. The van der Waals surface area contributed by atoms with Gasteiger partial charge in [-0.25, -0.2) is 0 Å². The number of nitrogens with one attached hydrogen (secondary N) is 9. The number of benzene rings is 6. The second-order valence-corrected chi connectivity index (χ2v) is 20.4. The lowest BCUT2D eigenvalue weighted by molar-refractivity contribution is -0.118. The van der Waals surface area contributed by atoms with Crippen LogP contribution in [0.1, 0.15) is 111 Å². The Morgan fingerprint density at radius 1 is 0.354 bits per heavy atom. The summed E-state index contributed by atoms with van der Waals surface area (Å²) in [6.45, 7) is 1.36. The number of nitrogens with two attached hydrogens (primary N) is 3. The van der Waals surface area contributed by atoms with Gasteiger partial charge in [0.2, 0.25) is 17.7 Å². The molecule has 0 radical (unpaired) electrons. The van der Waals surface area contributed by atoms with Crippen LogP contribution < -0.4 is 49.1 Å². The van der Waals surface area contributed by atoms with Gasteiger partial charge in [0.05, 0.1) is 0 Å². The summed E-state index contributed by atoms with van der Waals surface area (Å²) in [6, 6.07) is 41.6. The quantitative estimate of drug-likeness (QED) is 0.0173. The van der Waals surface area contributed by atoms with Crippen molar-refractivity contribution >= 4 is 85.2 Å². The molecule has 0 unspecified atom stereocenters. The highest BCUT2D eigenvalue weighted by Crippen LogP contribution is 2.34. The number of aromatic amines is 3. The number of aromatic nitrogens is 3. The topological polar surface area (TPSA) is 300 Å². The van der Waals surface area contributed by atoms with E-state index in [0.717, 1.165) is 49.4 Å². The third-order valence-electron chi connectivity index (χ3n) is 14.8. The van der Waals surface area contributed by atoms with Gasteiger partial charge < -0.3 is 64.1 Å². The Morgan fingerprint density at radius 3 is 0.902 bits per heavy atom. The summed E-state index contributed by atoms with van der Waals surface area (Å²) in [7, 11) is 0. The zero-order valence-corrected chi connectivity index (χ0v) is 45.6. The molecule has 15 N–H and O–H groups in total. The first-order chi connectivity index (χ1) is 40.0. The van der Waals surface area contributed by atoms with Crippen molar-refractivity contribution < 1.29 is 28.8 Å². The highest BCUT2D eigenvalue weighted by atomic mass is 16.2. The average molecular weight is 1100 g/mol. The zero-order valence-electron chi connectivity index (χ0n) is 45.6. The van der Waals surface area contributed by atoms with Gasteiger partial charge >= 0.3 is 0 Å². The predicted molar refractivity (Wildman–Crippen MR) is 324 cm³/mol. The molecule has 18 heteroatoms. The van der Waals surface area contributed by atoms with Gasteiger partial charge in [0.1, 0.15) is 18.1 Å². The van der Waals surface area contributed by atoms with Crippen LogP contribution in [0.3, 0.4) is 0 Å². The number of fused-ring (bicyclic) bond motifs is 3. The normalized spacial score (nSPS) is 12.4. The van der Waals surface area contributed by atoms with Crippen molar-refractivity contribution in [1.29, 1.82) is 0 Å². The van der Waals surface area contributed by atoms with Gasteiger partial charge in [-0.1, -0.05) is 54.6 Å². The van der Waals surface area contributed by atoms with E-state index in [4.69, 9.17) is 17.2 Å². The predicted octanol–water partition coefficient (Wildman–Crippen LogP) is 8.91. The largest absolute Gasteiger partial charge is 0.361 e. The maximum atomic E-state index is 14.0. The van der Waals surface area contributed by atoms with E-state index in [1.807, 2.05) is 109 Å². The lowest BCUT2D eigenvalue weighted by Gasteiger charge is -2.22. The molecule has 0 aliphatic heterocycles. The minimum absolute atomic E-state index is 0.362. The number of hydrogen-bond acceptors (Lipinski definition) is 9.